The highest BCUT2D eigenvalue weighted by molar-refractivity contribution is 6.05. The summed E-state index contributed by atoms with van der Waals surface area (Å²) in [4.78, 5) is 35.9. The topological polar surface area (TPSA) is 128 Å². The van der Waals surface area contributed by atoms with Gasteiger partial charge in [-0.3, -0.25) is 4.79 Å². The fraction of sp³-hybridized carbons (Fsp3) is 0.321. The van der Waals surface area contributed by atoms with Gasteiger partial charge in [0.15, 0.2) is 11.6 Å². The molecule has 4 rings (SSSR count). The average Bonchev–Trinajstić information content (AvgIpc) is 2.92. The minimum absolute atomic E-state index is 0.0294. The van der Waals surface area contributed by atoms with Crippen molar-refractivity contribution >= 4 is 51.6 Å². The first kappa shape index (κ1) is 30.2. The number of carbonyl (C=O) groups is 1. The molecule has 0 aliphatic carbocycles. The molecule has 14 heteroatoms. The molecule has 0 radical (unpaired) electrons. The summed E-state index contributed by atoms with van der Waals surface area (Å²) in [7, 11) is 9.03. The highest BCUT2D eigenvalue weighted by Crippen LogP contribution is 2.35. The molecule has 0 aliphatic heterocycles. The van der Waals surface area contributed by atoms with E-state index in [1.54, 1.807) is 49.1 Å². The zero-order chi connectivity index (χ0) is 30.8. The summed E-state index contributed by atoms with van der Waals surface area (Å²) in [5, 5.41) is 5.82. The molecule has 11 nitrogen and oxygen atoms in total. The third-order valence-electron chi connectivity index (χ3n) is 6.48. The summed E-state index contributed by atoms with van der Waals surface area (Å²) in [5.74, 6) is 0.330. The summed E-state index contributed by atoms with van der Waals surface area (Å²) in [6.45, 7) is 2.98. The second kappa shape index (κ2) is 12.0. The number of carbonyl (C=O) groups excluding carboxylic acids is 1. The molecule has 0 saturated carbocycles. The Kier molecular flexibility index (Phi) is 8.66. The number of fused-ring (bicyclic) bond motifs is 1. The van der Waals surface area contributed by atoms with Crippen molar-refractivity contribution in [2.75, 3.05) is 74.5 Å². The van der Waals surface area contributed by atoms with Gasteiger partial charge in [0.2, 0.25) is 5.95 Å². The van der Waals surface area contributed by atoms with Gasteiger partial charge in [0.1, 0.15) is 17.4 Å². The standard InChI is InChI=1S/C28H33F3N10O/c1-16-7-8-17(11-21(16)36-25-23-22(33-15-34-25)24(32)38-27(37-23)40(4)5)26(42)35-19-12-18(28(29,30)31)13-20(14-19)41(6)10-9-39(2)3/h7-8,11-15H,9-10H2,1-6H3,(H,35,42)(H2,32,37,38)(H,33,34,36). The molecule has 2 aromatic carbocycles. The van der Waals surface area contributed by atoms with Crippen LogP contribution in [0.15, 0.2) is 42.7 Å². The molecular formula is C28H33F3N10O. The number of aromatic nitrogens is 4. The fourth-order valence-electron chi connectivity index (χ4n) is 4.02. The quantitative estimate of drug-likeness (QED) is 0.261. The van der Waals surface area contributed by atoms with Crippen molar-refractivity contribution in [3.8, 4) is 0 Å². The first-order valence-electron chi connectivity index (χ1n) is 13.0. The summed E-state index contributed by atoms with van der Waals surface area (Å²) >= 11 is 0. The molecular weight excluding hydrogens is 549 g/mol. The van der Waals surface area contributed by atoms with E-state index >= 15 is 0 Å². The molecule has 0 atom stereocenters. The van der Waals surface area contributed by atoms with Crippen molar-refractivity contribution in [2.45, 2.75) is 13.1 Å². The molecule has 222 valence electrons. The summed E-state index contributed by atoms with van der Waals surface area (Å²) in [6, 6.07) is 8.43. The van der Waals surface area contributed by atoms with Gasteiger partial charge in [0, 0.05) is 56.9 Å². The Morgan fingerprint density at radius 3 is 2.36 bits per heavy atom. The molecule has 4 N–H and O–H groups in total. The maximum atomic E-state index is 13.7. The number of nitrogens with zero attached hydrogens (tertiary/aromatic N) is 7. The van der Waals surface area contributed by atoms with Crippen molar-refractivity contribution < 1.29 is 18.0 Å². The number of amides is 1. The van der Waals surface area contributed by atoms with Crippen LogP contribution in [0.4, 0.5) is 47.8 Å². The van der Waals surface area contributed by atoms with E-state index in [0.29, 0.717) is 47.3 Å². The smallest absolute Gasteiger partial charge is 0.382 e. The predicted octanol–water partition coefficient (Wildman–Crippen LogP) is 4.39. The summed E-state index contributed by atoms with van der Waals surface area (Å²) < 4.78 is 41.2. The number of hydrogen-bond donors (Lipinski definition) is 3. The van der Waals surface area contributed by atoms with E-state index in [0.717, 1.165) is 17.7 Å². The number of aryl methyl sites for hydroxylation is 1. The van der Waals surface area contributed by atoms with Gasteiger partial charge in [0.25, 0.3) is 5.91 Å². The highest BCUT2D eigenvalue weighted by atomic mass is 19.4. The van der Waals surface area contributed by atoms with Crippen LogP contribution in [0.2, 0.25) is 0 Å². The van der Waals surface area contributed by atoms with Crippen LogP contribution in [0.5, 0.6) is 0 Å². The van der Waals surface area contributed by atoms with E-state index < -0.39 is 17.6 Å². The minimum Gasteiger partial charge on any atom is -0.382 e. The number of anilines is 6. The van der Waals surface area contributed by atoms with E-state index in [-0.39, 0.29) is 17.1 Å². The SMILES string of the molecule is Cc1ccc(C(=O)Nc2cc(N(C)CCN(C)C)cc(C(F)(F)F)c2)cc1Nc1ncnc2c(N)nc(N(C)C)nc12. The van der Waals surface area contributed by atoms with Gasteiger partial charge >= 0.3 is 6.18 Å². The Balaban J connectivity index is 1.64. The number of nitrogen functional groups attached to an aromatic ring is 1. The Hall–Kier alpha value is -4.72. The Morgan fingerprint density at radius 2 is 1.69 bits per heavy atom. The van der Waals surface area contributed by atoms with Gasteiger partial charge in [-0.05, 0) is 56.9 Å². The van der Waals surface area contributed by atoms with Crippen LogP contribution < -0.4 is 26.2 Å². The van der Waals surface area contributed by atoms with Crippen molar-refractivity contribution in [2.24, 2.45) is 0 Å². The number of hydrogen-bond acceptors (Lipinski definition) is 10. The van der Waals surface area contributed by atoms with Gasteiger partial charge in [-0.25, -0.2) is 15.0 Å². The van der Waals surface area contributed by atoms with Gasteiger partial charge in [-0.2, -0.15) is 18.2 Å². The Labute approximate surface area is 241 Å². The van der Waals surface area contributed by atoms with E-state index in [1.807, 2.05) is 25.9 Å². The zero-order valence-corrected chi connectivity index (χ0v) is 24.2. The van der Waals surface area contributed by atoms with Gasteiger partial charge in [-0.15, -0.1) is 0 Å². The van der Waals surface area contributed by atoms with Crippen LogP contribution in [0, 0.1) is 6.92 Å². The first-order chi connectivity index (χ1) is 19.7. The van der Waals surface area contributed by atoms with Crippen molar-refractivity contribution in [1.29, 1.82) is 0 Å². The lowest BCUT2D eigenvalue weighted by molar-refractivity contribution is -0.137. The van der Waals surface area contributed by atoms with Gasteiger partial charge in [-0.1, -0.05) is 6.07 Å². The molecule has 0 bridgehead atoms. The van der Waals surface area contributed by atoms with E-state index in [4.69, 9.17) is 5.73 Å². The van der Waals surface area contributed by atoms with Crippen LogP contribution in [0.1, 0.15) is 21.5 Å². The number of rotatable bonds is 9. The zero-order valence-electron chi connectivity index (χ0n) is 24.2. The second-order valence-electron chi connectivity index (χ2n) is 10.3. The summed E-state index contributed by atoms with van der Waals surface area (Å²) in [6.07, 6.45) is -3.26. The lowest BCUT2D eigenvalue weighted by Gasteiger charge is -2.23. The van der Waals surface area contributed by atoms with Crippen LogP contribution in [-0.4, -0.2) is 79.1 Å². The van der Waals surface area contributed by atoms with Crippen molar-refractivity contribution in [3.05, 3.63) is 59.4 Å². The molecule has 0 unspecified atom stereocenters. The molecule has 2 aromatic heterocycles. The van der Waals surface area contributed by atoms with E-state index in [9.17, 15) is 18.0 Å². The molecule has 42 heavy (non-hydrogen) atoms. The van der Waals surface area contributed by atoms with Crippen LogP contribution in [0.25, 0.3) is 11.0 Å². The largest absolute Gasteiger partial charge is 0.416 e. The minimum atomic E-state index is -4.58. The second-order valence-corrected chi connectivity index (χ2v) is 10.3. The van der Waals surface area contributed by atoms with E-state index in [2.05, 4.69) is 30.6 Å². The molecule has 0 aliphatic rings. The monoisotopic (exact) mass is 582 g/mol. The number of halogens is 3. The van der Waals surface area contributed by atoms with Crippen LogP contribution in [0.3, 0.4) is 0 Å². The maximum Gasteiger partial charge on any atom is 0.416 e. The highest BCUT2D eigenvalue weighted by Gasteiger charge is 2.32. The third-order valence-corrected chi connectivity index (χ3v) is 6.48. The average molecular weight is 583 g/mol. The van der Waals surface area contributed by atoms with Crippen LogP contribution in [-0.2, 0) is 6.18 Å². The van der Waals surface area contributed by atoms with Crippen molar-refractivity contribution in [1.82, 2.24) is 24.8 Å². The third kappa shape index (κ3) is 6.94. The normalized spacial score (nSPS) is 11.6. The molecule has 0 spiro atoms. The molecule has 0 saturated heterocycles. The van der Waals surface area contributed by atoms with Gasteiger partial charge in [0.05, 0.1) is 5.56 Å². The lowest BCUT2D eigenvalue weighted by Crippen LogP contribution is -2.28. The van der Waals surface area contributed by atoms with E-state index in [1.165, 1.54) is 12.4 Å². The van der Waals surface area contributed by atoms with Crippen molar-refractivity contribution in [3.63, 3.8) is 0 Å². The maximum absolute atomic E-state index is 13.7. The van der Waals surface area contributed by atoms with Crippen LogP contribution >= 0.6 is 0 Å². The molecule has 0 fully saturated rings. The Morgan fingerprint density at radius 1 is 0.952 bits per heavy atom. The fourth-order valence-corrected chi connectivity index (χ4v) is 4.02. The number of likely N-dealkylation sites (N-methyl/N-ethyl adjacent to an activating group) is 2. The molecule has 1 amide bonds. The lowest BCUT2D eigenvalue weighted by atomic mass is 10.1. The predicted molar refractivity (Wildman–Crippen MR) is 160 cm³/mol. The molecule has 2 heterocycles. The number of nitrogens with one attached hydrogen (secondary N) is 2. The first-order valence-corrected chi connectivity index (χ1v) is 13.0. The number of nitrogens with two attached hydrogens (primary N) is 1. The summed E-state index contributed by atoms with van der Waals surface area (Å²) in [5.41, 5.74) is 7.91. The number of alkyl halides is 3. The Bertz CT molecular complexity index is 1610. The number of benzene rings is 2. The van der Waals surface area contributed by atoms with Gasteiger partial charge < -0.3 is 31.1 Å². The molecule has 4 aromatic rings.